The summed E-state index contributed by atoms with van der Waals surface area (Å²) in [6.45, 7) is 6.25. The van der Waals surface area contributed by atoms with Crippen LogP contribution in [-0.2, 0) is 22.6 Å². The molecule has 168 valence electrons. The Morgan fingerprint density at radius 2 is 1.87 bits per heavy atom. The number of benzene rings is 1. The summed E-state index contributed by atoms with van der Waals surface area (Å²) >= 11 is 1.39. The summed E-state index contributed by atoms with van der Waals surface area (Å²) in [5.74, 6) is 0. The molecular formula is C20H27N5O5S. The zero-order chi connectivity index (χ0) is 23.4. The van der Waals surface area contributed by atoms with Crippen molar-refractivity contribution in [2.75, 3.05) is 5.73 Å². The average molecular weight is 450 g/mol. The van der Waals surface area contributed by atoms with Gasteiger partial charge in [-0.15, -0.1) is 10.2 Å². The number of para-hydroxylation sites is 1. The molecule has 10 nitrogen and oxygen atoms in total. The first-order chi connectivity index (χ1) is 14.8. The summed E-state index contributed by atoms with van der Waals surface area (Å²) < 4.78 is 0. The highest BCUT2D eigenvalue weighted by Gasteiger charge is 2.12. The number of aromatic amines is 1. The van der Waals surface area contributed by atoms with Crippen molar-refractivity contribution in [2.24, 2.45) is 0 Å². The van der Waals surface area contributed by atoms with E-state index < -0.39 is 0 Å². The highest BCUT2D eigenvalue weighted by Crippen LogP contribution is 2.16. The molecule has 3 rings (SSSR count). The number of pyridine rings is 1. The first-order valence-electron chi connectivity index (χ1n) is 9.37. The number of nitrogens with two attached hydrogens (primary N) is 1. The van der Waals surface area contributed by atoms with Gasteiger partial charge in [0, 0.05) is 22.7 Å². The van der Waals surface area contributed by atoms with Gasteiger partial charge in [-0.2, -0.15) is 0 Å². The van der Waals surface area contributed by atoms with E-state index in [4.69, 9.17) is 25.5 Å². The van der Waals surface area contributed by atoms with Crippen molar-refractivity contribution in [3.63, 3.8) is 0 Å². The molecule has 0 fully saturated rings. The molecule has 0 bridgehead atoms. The summed E-state index contributed by atoms with van der Waals surface area (Å²) in [7, 11) is 0. The Balaban J connectivity index is 0.000000720. The number of rotatable bonds is 6. The van der Waals surface area contributed by atoms with Gasteiger partial charge >= 0.3 is 0 Å². The minimum Gasteiger partial charge on any atom is -0.483 e. The van der Waals surface area contributed by atoms with Crippen LogP contribution in [0.4, 0.5) is 5.13 Å². The van der Waals surface area contributed by atoms with Crippen molar-refractivity contribution in [3.8, 4) is 0 Å². The third-order valence-corrected chi connectivity index (χ3v) is 5.22. The number of H-pyrrole nitrogens is 1. The van der Waals surface area contributed by atoms with Gasteiger partial charge in [0.25, 0.3) is 12.9 Å². The van der Waals surface area contributed by atoms with E-state index in [1.165, 1.54) is 11.3 Å². The third-order valence-electron chi connectivity index (χ3n) is 4.47. The van der Waals surface area contributed by atoms with Gasteiger partial charge in [0.15, 0.2) is 5.43 Å². The fourth-order valence-corrected chi connectivity index (χ4v) is 3.54. The SMILES string of the molecule is Cc1[nH]c2c(C)cccc2c(=O)c1CCC(C)NCc1nnc(N)s1.O=CO.O=CO. The first-order valence-corrected chi connectivity index (χ1v) is 10.2. The van der Waals surface area contributed by atoms with Crippen LogP contribution in [0.5, 0.6) is 0 Å². The minimum atomic E-state index is -0.250. The van der Waals surface area contributed by atoms with Crippen molar-refractivity contribution in [2.45, 2.75) is 46.2 Å². The molecule has 0 amide bonds. The zero-order valence-electron chi connectivity index (χ0n) is 17.6. The molecule has 31 heavy (non-hydrogen) atoms. The van der Waals surface area contributed by atoms with E-state index in [9.17, 15) is 4.79 Å². The van der Waals surface area contributed by atoms with Crippen molar-refractivity contribution >= 4 is 40.3 Å². The van der Waals surface area contributed by atoms with Crippen LogP contribution in [0.25, 0.3) is 10.9 Å². The fourth-order valence-electron chi connectivity index (χ4n) is 2.98. The summed E-state index contributed by atoms with van der Waals surface area (Å²) in [6.07, 6.45) is 1.60. The van der Waals surface area contributed by atoms with E-state index in [1.54, 1.807) is 0 Å². The van der Waals surface area contributed by atoms with Crippen molar-refractivity contribution in [1.29, 1.82) is 0 Å². The molecule has 0 aliphatic heterocycles. The number of hydrogen-bond acceptors (Lipinski definition) is 8. The molecule has 2 aromatic heterocycles. The van der Waals surface area contributed by atoms with Crippen LogP contribution in [0.2, 0.25) is 0 Å². The van der Waals surface area contributed by atoms with Gasteiger partial charge in [0.2, 0.25) is 5.13 Å². The lowest BCUT2D eigenvalue weighted by molar-refractivity contribution is -0.123. The number of fused-ring (bicyclic) bond motifs is 1. The Morgan fingerprint density at radius 3 is 2.45 bits per heavy atom. The van der Waals surface area contributed by atoms with E-state index in [1.807, 2.05) is 32.0 Å². The lowest BCUT2D eigenvalue weighted by atomic mass is 10.0. The van der Waals surface area contributed by atoms with Crippen LogP contribution in [0.3, 0.4) is 0 Å². The Bertz CT molecular complexity index is 1040. The number of anilines is 1. The first kappa shape index (κ1) is 25.7. The molecule has 0 saturated carbocycles. The maximum absolute atomic E-state index is 12.8. The number of carbonyl (C=O) groups is 2. The van der Waals surface area contributed by atoms with Gasteiger partial charge in [-0.05, 0) is 45.2 Å². The monoisotopic (exact) mass is 449 g/mol. The fraction of sp³-hybridized carbons (Fsp3) is 0.350. The van der Waals surface area contributed by atoms with Gasteiger partial charge in [0.1, 0.15) is 5.01 Å². The van der Waals surface area contributed by atoms with Crippen LogP contribution in [0.15, 0.2) is 23.0 Å². The average Bonchev–Trinajstić information content (AvgIpc) is 3.14. The summed E-state index contributed by atoms with van der Waals surface area (Å²) in [5.41, 5.74) is 9.58. The third kappa shape index (κ3) is 7.79. The van der Waals surface area contributed by atoms with E-state index >= 15 is 0 Å². The van der Waals surface area contributed by atoms with Crippen LogP contribution in [0.1, 0.15) is 35.2 Å². The number of nitrogens with zero attached hydrogens (tertiary/aromatic N) is 2. The second kappa shape index (κ2) is 13.1. The van der Waals surface area contributed by atoms with E-state index in [-0.39, 0.29) is 24.4 Å². The second-order valence-electron chi connectivity index (χ2n) is 6.62. The van der Waals surface area contributed by atoms with Gasteiger partial charge in [-0.1, -0.05) is 23.5 Å². The second-order valence-corrected chi connectivity index (χ2v) is 7.71. The lowest BCUT2D eigenvalue weighted by Gasteiger charge is -2.14. The molecule has 6 N–H and O–H groups in total. The van der Waals surface area contributed by atoms with Gasteiger partial charge < -0.3 is 26.2 Å². The molecule has 0 aliphatic carbocycles. The number of aryl methyl sites for hydroxylation is 2. The van der Waals surface area contributed by atoms with Crippen molar-refractivity contribution in [1.82, 2.24) is 20.5 Å². The normalized spacial score (nSPS) is 10.9. The number of nitrogens with one attached hydrogen (secondary N) is 2. The molecule has 11 heteroatoms. The van der Waals surface area contributed by atoms with Crippen LogP contribution < -0.4 is 16.5 Å². The van der Waals surface area contributed by atoms with E-state index in [2.05, 4.69) is 27.4 Å². The largest absolute Gasteiger partial charge is 0.483 e. The maximum atomic E-state index is 12.8. The minimum absolute atomic E-state index is 0.138. The summed E-state index contributed by atoms with van der Waals surface area (Å²) in [6, 6.07) is 6.11. The zero-order valence-corrected chi connectivity index (χ0v) is 18.4. The molecule has 3 aromatic rings. The van der Waals surface area contributed by atoms with E-state index in [0.717, 1.165) is 45.6 Å². The van der Waals surface area contributed by atoms with Gasteiger partial charge in [-0.3, -0.25) is 14.4 Å². The standard InChI is InChI=1S/C18H23N5OS.2CH2O2/c1-10-5-4-6-14-16(10)21-12(3)13(17(14)24)8-7-11(2)20-9-15-22-23-18(19)25-15;2*2-1-3/h4-6,11,20H,7-9H2,1-3H3,(H2,19,23)(H,21,24);2*1H,(H,2,3). The Hall–Kier alpha value is -3.31. The van der Waals surface area contributed by atoms with Crippen LogP contribution >= 0.6 is 11.3 Å². The summed E-state index contributed by atoms with van der Waals surface area (Å²) in [5, 5.41) is 27.1. The Kier molecular flexibility index (Phi) is 10.9. The molecule has 2 heterocycles. The Morgan fingerprint density at radius 1 is 1.23 bits per heavy atom. The number of hydrogen-bond donors (Lipinski definition) is 5. The highest BCUT2D eigenvalue weighted by atomic mass is 32.1. The molecule has 0 radical (unpaired) electrons. The smallest absolute Gasteiger partial charge is 0.290 e. The van der Waals surface area contributed by atoms with Gasteiger partial charge in [0.05, 0.1) is 12.1 Å². The predicted octanol–water partition coefficient (Wildman–Crippen LogP) is 2.09. The van der Waals surface area contributed by atoms with Crippen LogP contribution in [0, 0.1) is 13.8 Å². The maximum Gasteiger partial charge on any atom is 0.290 e. The topological polar surface area (TPSA) is 171 Å². The molecule has 1 aromatic carbocycles. The molecule has 1 unspecified atom stereocenters. The summed E-state index contributed by atoms with van der Waals surface area (Å²) in [4.78, 5) is 32.9. The molecule has 1 atom stereocenters. The molecule has 0 spiro atoms. The Labute approximate surface area is 183 Å². The van der Waals surface area contributed by atoms with Crippen LogP contribution in [-0.4, -0.2) is 44.4 Å². The molecule has 0 saturated heterocycles. The van der Waals surface area contributed by atoms with Crippen molar-refractivity contribution < 1.29 is 19.8 Å². The highest BCUT2D eigenvalue weighted by molar-refractivity contribution is 7.15. The molecule has 0 aliphatic rings. The van der Waals surface area contributed by atoms with Gasteiger partial charge in [-0.25, -0.2) is 0 Å². The number of nitrogen functional groups attached to an aromatic ring is 1. The predicted molar refractivity (Wildman–Crippen MR) is 120 cm³/mol. The van der Waals surface area contributed by atoms with E-state index in [0.29, 0.717) is 11.7 Å². The quantitative estimate of drug-likeness (QED) is 0.353. The number of aromatic nitrogens is 3. The lowest BCUT2D eigenvalue weighted by Crippen LogP contribution is -2.27. The molecular weight excluding hydrogens is 422 g/mol. The number of carboxylic acid groups (broad SMARTS) is 2. The van der Waals surface area contributed by atoms with Crippen molar-refractivity contribution in [3.05, 3.63) is 50.3 Å².